The van der Waals surface area contributed by atoms with E-state index in [0.29, 0.717) is 12.8 Å². The van der Waals surface area contributed by atoms with Gasteiger partial charge in [0.25, 0.3) is 0 Å². The van der Waals surface area contributed by atoms with Gasteiger partial charge >= 0.3 is 0 Å². The molecule has 0 saturated carbocycles. The Bertz CT molecular complexity index is 1300. The molecule has 0 radical (unpaired) electrons. The fourth-order valence-corrected chi connectivity index (χ4v) is 6.16. The monoisotopic (exact) mass is 627 g/mol. The Kier molecular flexibility index (Phi) is 12.1. The molecule has 1 aromatic heterocycles. The Hall–Kier alpha value is -3.31. The summed E-state index contributed by atoms with van der Waals surface area (Å²) in [5.74, 6) is -1.20. The quantitative estimate of drug-likeness (QED) is 0.282. The van der Waals surface area contributed by atoms with Gasteiger partial charge in [-0.15, -0.1) is 11.3 Å². The van der Waals surface area contributed by atoms with Crippen molar-refractivity contribution in [3.8, 4) is 10.4 Å². The van der Waals surface area contributed by atoms with Gasteiger partial charge in [0, 0.05) is 25.9 Å². The minimum Gasteiger partial charge on any atom is -0.391 e. The number of aliphatic hydroxyl groups is 1. The van der Waals surface area contributed by atoms with E-state index in [1.54, 1.807) is 11.3 Å². The number of hydrogen-bond donors (Lipinski definition) is 4. The van der Waals surface area contributed by atoms with Crippen molar-refractivity contribution in [1.82, 2.24) is 25.8 Å². The van der Waals surface area contributed by atoms with Gasteiger partial charge in [0.05, 0.1) is 22.2 Å². The Labute approximate surface area is 265 Å². The summed E-state index contributed by atoms with van der Waals surface area (Å²) < 4.78 is 0. The molecule has 11 heteroatoms. The molecule has 1 aliphatic rings. The van der Waals surface area contributed by atoms with Crippen LogP contribution < -0.4 is 16.0 Å². The van der Waals surface area contributed by atoms with Crippen molar-refractivity contribution < 1.29 is 24.3 Å². The summed E-state index contributed by atoms with van der Waals surface area (Å²) >= 11 is 1.58. The van der Waals surface area contributed by atoms with Gasteiger partial charge in [0.15, 0.2) is 0 Å². The van der Waals surface area contributed by atoms with Crippen LogP contribution >= 0.6 is 11.3 Å². The Morgan fingerprint density at radius 3 is 2.25 bits per heavy atom. The fourth-order valence-electron chi connectivity index (χ4n) is 5.35. The van der Waals surface area contributed by atoms with Crippen molar-refractivity contribution in [3.63, 3.8) is 0 Å². The third kappa shape index (κ3) is 9.59. The van der Waals surface area contributed by atoms with Crippen molar-refractivity contribution in [2.45, 2.75) is 105 Å². The number of likely N-dealkylation sites (tertiary alicyclic amines) is 1. The highest BCUT2D eigenvalue weighted by molar-refractivity contribution is 7.13. The minimum atomic E-state index is -0.977. The maximum atomic E-state index is 14.0. The lowest BCUT2D eigenvalue weighted by Gasteiger charge is -2.36. The van der Waals surface area contributed by atoms with E-state index in [-0.39, 0.29) is 43.2 Å². The van der Waals surface area contributed by atoms with Crippen molar-refractivity contribution in [2.24, 2.45) is 17.3 Å². The first kappa shape index (κ1) is 35.2. The van der Waals surface area contributed by atoms with E-state index < -0.39 is 41.5 Å². The van der Waals surface area contributed by atoms with Crippen molar-refractivity contribution >= 4 is 35.0 Å². The zero-order chi connectivity index (χ0) is 32.8. The number of amides is 4. The molecule has 2 heterocycles. The van der Waals surface area contributed by atoms with E-state index in [1.165, 1.54) is 4.90 Å². The van der Waals surface area contributed by atoms with Crippen LogP contribution in [0.3, 0.4) is 0 Å². The molecule has 4 unspecified atom stereocenters. The standard InChI is InChI=1S/C33H49N5O5S/c1-19(2)13-25(36-27(40)14-20(3)4)30(41)37-29(33(6,7)8)32(43)38-17-24(39)15-26(38)31(42)34-16-22-9-11-23(12-10-22)28-21(5)35-18-44-28/h9-12,18-20,24-26,29,39H,13-17H2,1-8H3,(H,34,42)(H,36,40)(H,37,41). The number of thiazole rings is 1. The predicted molar refractivity (Wildman–Crippen MR) is 172 cm³/mol. The van der Waals surface area contributed by atoms with Crippen LogP contribution in [0.4, 0.5) is 0 Å². The lowest BCUT2D eigenvalue weighted by Crippen LogP contribution is -2.60. The topological polar surface area (TPSA) is 141 Å². The maximum Gasteiger partial charge on any atom is 0.246 e. The zero-order valence-corrected chi connectivity index (χ0v) is 28.1. The van der Waals surface area contributed by atoms with Crippen LogP contribution in [0, 0.1) is 24.2 Å². The zero-order valence-electron chi connectivity index (χ0n) is 27.3. The molecule has 4 atom stereocenters. The second-order valence-electron chi connectivity index (χ2n) is 13.7. The first-order chi connectivity index (χ1) is 20.6. The molecule has 242 valence electrons. The second kappa shape index (κ2) is 15.1. The molecule has 3 rings (SSSR count). The third-order valence-electron chi connectivity index (χ3n) is 7.65. The smallest absolute Gasteiger partial charge is 0.246 e. The number of nitrogens with one attached hydrogen (secondary N) is 3. The molecule has 44 heavy (non-hydrogen) atoms. The van der Waals surface area contributed by atoms with Crippen LogP contribution in [0.5, 0.6) is 0 Å². The second-order valence-corrected chi connectivity index (χ2v) is 14.6. The van der Waals surface area contributed by atoms with Crippen molar-refractivity contribution in [1.29, 1.82) is 0 Å². The SMILES string of the molecule is Cc1ncsc1-c1ccc(CNC(=O)C2CC(O)CN2C(=O)C(NC(=O)C(CC(C)C)NC(=O)CC(C)C)C(C)(C)C)cc1. The molecule has 10 nitrogen and oxygen atoms in total. The van der Waals surface area contributed by atoms with Crippen LogP contribution in [0.15, 0.2) is 29.8 Å². The number of β-amino-alcohol motifs (C(OH)–C–C–N with tert-alkyl or cyclic N) is 1. The first-order valence-corrected chi connectivity index (χ1v) is 16.3. The summed E-state index contributed by atoms with van der Waals surface area (Å²) in [5.41, 5.74) is 4.03. The number of carbonyl (C=O) groups excluding carboxylic acids is 4. The van der Waals surface area contributed by atoms with E-state index in [9.17, 15) is 24.3 Å². The summed E-state index contributed by atoms with van der Waals surface area (Å²) in [6, 6.07) is 5.22. The molecule has 2 aromatic rings. The molecule has 1 fully saturated rings. The van der Waals surface area contributed by atoms with Gasteiger partial charge in [-0.1, -0.05) is 72.7 Å². The predicted octanol–water partition coefficient (Wildman–Crippen LogP) is 3.80. The number of hydrogen-bond acceptors (Lipinski definition) is 7. The van der Waals surface area contributed by atoms with E-state index in [4.69, 9.17) is 0 Å². The van der Waals surface area contributed by atoms with E-state index in [1.807, 2.05) is 85.2 Å². The van der Waals surface area contributed by atoms with Gasteiger partial charge in [-0.3, -0.25) is 19.2 Å². The summed E-state index contributed by atoms with van der Waals surface area (Å²) in [6.45, 7) is 15.5. The van der Waals surface area contributed by atoms with Crippen molar-refractivity contribution in [2.75, 3.05) is 6.54 Å². The van der Waals surface area contributed by atoms with E-state index >= 15 is 0 Å². The summed E-state index contributed by atoms with van der Waals surface area (Å²) in [7, 11) is 0. The molecule has 1 aliphatic heterocycles. The first-order valence-electron chi connectivity index (χ1n) is 15.4. The molecule has 4 N–H and O–H groups in total. The third-order valence-corrected chi connectivity index (χ3v) is 8.62. The number of aryl methyl sites for hydroxylation is 1. The Balaban J connectivity index is 1.71. The van der Waals surface area contributed by atoms with Crippen molar-refractivity contribution in [3.05, 3.63) is 41.0 Å². The highest BCUT2D eigenvalue weighted by Crippen LogP contribution is 2.28. The lowest BCUT2D eigenvalue weighted by molar-refractivity contribution is -0.144. The van der Waals surface area contributed by atoms with Gasteiger partial charge in [-0.25, -0.2) is 4.98 Å². The van der Waals surface area contributed by atoms with Crippen LogP contribution in [0.25, 0.3) is 10.4 Å². The fraction of sp³-hybridized carbons (Fsp3) is 0.606. The molecular weight excluding hydrogens is 578 g/mol. The van der Waals surface area contributed by atoms with Gasteiger partial charge in [-0.05, 0) is 41.7 Å². The number of aliphatic hydroxyl groups excluding tert-OH is 1. The largest absolute Gasteiger partial charge is 0.391 e. The van der Waals surface area contributed by atoms with Crippen LogP contribution in [0.1, 0.15) is 79.0 Å². The molecule has 0 spiro atoms. The van der Waals surface area contributed by atoms with Gasteiger partial charge < -0.3 is 26.0 Å². The lowest BCUT2D eigenvalue weighted by atomic mass is 9.85. The van der Waals surface area contributed by atoms with Crippen LogP contribution in [0.2, 0.25) is 0 Å². The number of carbonyl (C=O) groups is 4. The van der Waals surface area contributed by atoms with Crippen LogP contribution in [-0.2, 0) is 25.7 Å². The molecule has 0 bridgehead atoms. The summed E-state index contributed by atoms with van der Waals surface area (Å²) in [5, 5.41) is 19.2. The molecule has 4 amide bonds. The Morgan fingerprint density at radius 1 is 1.05 bits per heavy atom. The highest BCUT2D eigenvalue weighted by atomic mass is 32.1. The summed E-state index contributed by atoms with van der Waals surface area (Å²) in [6.07, 6.45) is -0.0504. The number of aromatic nitrogens is 1. The Morgan fingerprint density at radius 2 is 1.70 bits per heavy atom. The number of benzene rings is 1. The average Bonchev–Trinajstić information content (AvgIpc) is 3.53. The normalized spacial score (nSPS) is 18.3. The molecule has 0 aliphatic carbocycles. The van der Waals surface area contributed by atoms with Gasteiger partial charge in [0.1, 0.15) is 18.1 Å². The molecule has 1 saturated heterocycles. The minimum absolute atomic E-state index is 0.0111. The van der Waals surface area contributed by atoms with Gasteiger partial charge in [-0.2, -0.15) is 0 Å². The summed E-state index contributed by atoms with van der Waals surface area (Å²) in [4.78, 5) is 60.2. The maximum absolute atomic E-state index is 14.0. The molecular formula is C33H49N5O5S. The number of nitrogens with zero attached hydrogens (tertiary/aromatic N) is 2. The van der Waals surface area contributed by atoms with E-state index in [2.05, 4.69) is 20.9 Å². The highest BCUT2D eigenvalue weighted by Gasteiger charge is 2.45. The average molecular weight is 628 g/mol. The van der Waals surface area contributed by atoms with Gasteiger partial charge in [0.2, 0.25) is 23.6 Å². The number of rotatable bonds is 12. The van der Waals surface area contributed by atoms with Crippen LogP contribution in [-0.4, -0.2) is 69.4 Å². The molecule has 1 aromatic carbocycles. The van der Waals surface area contributed by atoms with E-state index in [0.717, 1.165) is 21.7 Å².